The van der Waals surface area contributed by atoms with Crippen LogP contribution in [0.5, 0.6) is 0 Å². The van der Waals surface area contributed by atoms with Gasteiger partial charge in [0, 0.05) is 19.1 Å². The minimum absolute atomic E-state index is 0. The van der Waals surface area contributed by atoms with Gasteiger partial charge in [0.05, 0.1) is 0 Å². The van der Waals surface area contributed by atoms with Crippen LogP contribution in [-0.2, 0) is 4.79 Å². The quantitative estimate of drug-likeness (QED) is 0.839. The highest BCUT2D eigenvalue weighted by Crippen LogP contribution is 2.28. The van der Waals surface area contributed by atoms with Gasteiger partial charge in [-0.05, 0) is 37.1 Å². The highest BCUT2D eigenvalue weighted by molar-refractivity contribution is 5.85. The highest BCUT2D eigenvalue weighted by Gasteiger charge is 2.43. The van der Waals surface area contributed by atoms with Crippen molar-refractivity contribution in [3.63, 3.8) is 0 Å². The number of amides is 1. The van der Waals surface area contributed by atoms with E-state index in [0.717, 1.165) is 11.9 Å². The topological polar surface area (TPSA) is 32.3 Å². The summed E-state index contributed by atoms with van der Waals surface area (Å²) in [7, 11) is 1.16. The lowest BCUT2D eigenvalue weighted by molar-refractivity contribution is -0.186. The number of halogens is 5. The Morgan fingerprint density at radius 3 is 2.64 bits per heavy atom. The summed E-state index contributed by atoms with van der Waals surface area (Å²) in [6.45, 7) is 0.474. The van der Waals surface area contributed by atoms with Gasteiger partial charge in [0.15, 0.2) is 0 Å². The molecule has 0 saturated carbocycles. The van der Waals surface area contributed by atoms with Crippen LogP contribution in [-0.4, -0.2) is 36.6 Å². The number of hydrogen-bond donors (Lipinski definition) is 1. The molecule has 0 bridgehead atoms. The number of alkyl halides is 3. The van der Waals surface area contributed by atoms with Crippen LogP contribution in [0.15, 0.2) is 24.3 Å². The van der Waals surface area contributed by atoms with Crippen LogP contribution in [0.3, 0.4) is 0 Å². The van der Waals surface area contributed by atoms with Crippen LogP contribution < -0.4 is 5.32 Å². The molecule has 1 aliphatic heterocycles. The van der Waals surface area contributed by atoms with E-state index in [2.05, 4.69) is 5.32 Å². The van der Waals surface area contributed by atoms with Crippen molar-refractivity contribution in [3.8, 4) is 0 Å². The van der Waals surface area contributed by atoms with Gasteiger partial charge in [-0.15, -0.1) is 12.4 Å². The van der Waals surface area contributed by atoms with Crippen LogP contribution in [0.2, 0.25) is 0 Å². The third-order valence-electron chi connectivity index (χ3n) is 3.74. The molecule has 1 aromatic rings. The number of nitrogens with zero attached hydrogens (tertiary/aromatic N) is 1. The van der Waals surface area contributed by atoms with Crippen molar-refractivity contribution in [3.05, 3.63) is 35.6 Å². The predicted octanol–water partition coefficient (Wildman–Crippen LogP) is 3.06. The lowest BCUT2D eigenvalue weighted by Gasteiger charge is -2.36. The number of rotatable bonds is 2. The van der Waals surface area contributed by atoms with Crippen LogP contribution in [0.25, 0.3) is 0 Å². The Kier molecular flexibility index (Phi) is 6.19. The molecule has 1 saturated heterocycles. The van der Waals surface area contributed by atoms with E-state index < -0.39 is 23.9 Å². The van der Waals surface area contributed by atoms with Crippen LogP contribution in [0, 0.1) is 5.82 Å². The van der Waals surface area contributed by atoms with Crippen molar-refractivity contribution in [1.82, 2.24) is 10.2 Å². The van der Waals surface area contributed by atoms with E-state index >= 15 is 0 Å². The number of hydrogen-bond acceptors (Lipinski definition) is 2. The third kappa shape index (κ3) is 4.33. The van der Waals surface area contributed by atoms with Gasteiger partial charge in [0.25, 0.3) is 0 Å². The molecule has 22 heavy (non-hydrogen) atoms. The third-order valence-corrected chi connectivity index (χ3v) is 3.74. The average molecular weight is 341 g/mol. The van der Waals surface area contributed by atoms with Gasteiger partial charge in [-0.1, -0.05) is 12.1 Å². The van der Waals surface area contributed by atoms with Gasteiger partial charge in [-0.3, -0.25) is 4.79 Å². The Morgan fingerprint density at radius 1 is 1.36 bits per heavy atom. The summed E-state index contributed by atoms with van der Waals surface area (Å²) in [5.41, 5.74) is 0.674. The van der Waals surface area contributed by atoms with Gasteiger partial charge >= 0.3 is 12.1 Å². The van der Waals surface area contributed by atoms with Crippen molar-refractivity contribution in [1.29, 1.82) is 0 Å². The van der Waals surface area contributed by atoms with E-state index in [4.69, 9.17) is 0 Å². The molecule has 2 rings (SSSR count). The molecule has 0 aromatic heterocycles. The van der Waals surface area contributed by atoms with Crippen LogP contribution in [0.4, 0.5) is 17.6 Å². The molecular formula is C14H17ClF4N2O. The molecule has 0 unspecified atom stereocenters. The maximum absolute atomic E-state index is 13.2. The Balaban J connectivity index is 0.00000242. The fourth-order valence-electron chi connectivity index (χ4n) is 2.59. The summed E-state index contributed by atoms with van der Waals surface area (Å²) in [6.07, 6.45) is -4.11. The minimum Gasteiger partial charge on any atom is -0.335 e. The van der Waals surface area contributed by atoms with Gasteiger partial charge in [-0.2, -0.15) is 13.2 Å². The second kappa shape index (κ2) is 7.28. The van der Waals surface area contributed by atoms with Gasteiger partial charge in [0.2, 0.25) is 0 Å². The van der Waals surface area contributed by atoms with Crippen molar-refractivity contribution in [2.45, 2.75) is 31.1 Å². The average Bonchev–Trinajstić information content (AvgIpc) is 2.45. The largest absolute Gasteiger partial charge is 0.471 e. The monoisotopic (exact) mass is 340 g/mol. The molecule has 1 heterocycles. The molecule has 0 spiro atoms. The summed E-state index contributed by atoms with van der Waals surface area (Å²) in [4.78, 5) is 12.0. The Bertz CT molecular complexity index is 524. The second-order valence-corrected chi connectivity index (χ2v) is 5.15. The fourth-order valence-corrected chi connectivity index (χ4v) is 2.59. The van der Waals surface area contributed by atoms with E-state index in [9.17, 15) is 22.4 Å². The van der Waals surface area contributed by atoms with E-state index in [-0.39, 0.29) is 18.4 Å². The maximum atomic E-state index is 13.2. The SMILES string of the molecule is CN(C(=O)C(F)(F)F)[C@@H]1CCN[C@H](c2cccc(F)c2)C1.Cl. The zero-order valence-corrected chi connectivity index (χ0v) is 12.7. The Labute approximate surface area is 132 Å². The number of carbonyl (C=O) groups excluding carboxylic acids is 1. The molecule has 1 N–H and O–H groups in total. The summed E-state index contributed by atoms with van der Waals surface area (Å²) < 4.78 is 50.6. The van der Waals surface area contributed by atoms with Gasteiger partial charge in [0.1, 0.15) is 5.82 Å². The van der Waals surface area contributed by atoms with Gasteiger partial charge < -0.3 is 10.2 Å². The fraction of sp³-hybridized carbons (Fsp3) is 0.500. The zero-order chi connectivity index (χ0) is 15.6. The molecule has 2 atom stereocenters. The molecule has 1 fully saturated rings. The van der Waals surface area contributed by atoms with Crippen LogP contribution >= 0.6 is 12.4 Å². The molecule has 0 radical (unpaired) electrons. The summed E-state index contributed by atoms with van der Waals surface area (Å²) in [5.74, 6) is -2.23. The molecule has 1 aliphatic rings. The highest BCUT2D eigenvalue weighted by atomic mass is 35.5. The Hall–Kier alpha value is -1.34. The van der Waals surface area contributed by atoms with Crippen LogP contribution in [0.1, 0.15) is 24.4 Å². The summed E-state index contributed by atoms with van der Waals surface area (Å²) in [5, 5.41) is 3.14. The van der Waals surface area contributed by atoms with Crippen molar-refractivity contribution in [2.75, 3.05) is 13.6 Å². The van der Waals surface area contributed by atoms with E-state index in [1.165, 1.54) is 12.1 Å². The molecule has 124 valence electrons. The first kappa shape index (κ1) is 18.7. The number of carbonyl (C=O) groups is 1. The summed E-state index contributed by atoms with van der Waals surface area (Å²) >= 11 is 0. The second-order valence-electron chi connectivity index (χ2n) is 5.15. The van der Waals surface area contributed by atoms with Crippen molar-refractivity contribution in [2.24, 2.45) is 0 Å². The van der Waals surface area contributed by atoms with E-state index in [1.807, 2.05) is 0 Å². The number of piperidine rings is 1. The van der Waals surface area contributed by atoms with Crippen molar-refractivity contribution >= 4 is 18.3 Å². The number of benzene rings is 1. The first-order chi connectivity index (χ1) is 9.79. The molecule has 3 nitrogen and oxygen atoms in total. The van der Waals surface area contributed by atoms with E-state index in [0.29, 0.717) is 24.9 Å². The molecular weight excluding hydrogens is 324 g/mol. The molecule has 1 aromatic carbocycles. The number of nitrogens with one attached hydrogen (secondary N) is 1. The Morgan fingerprint density at radius 2 is 2.05 bits per heavy atom. The van der Waals surface area contributed by atoms with Crippen molar-refractivity contribution < 1.29 is 22.4 Å². The molecule has 1 amide bonds. The normalized spacial score (nSPS) is 21.9. The lowest BCUT2D eigenvalue weighted by atomic mass is 9.93. The minimum atomic E-state index is -4.87. The van der Waals surface area contributed by atoms with E-state index in [1.54, 1.807) is 12.1 Å². The standard InChI is InChI=1S/C14H16F4N2O.ClH/c1-20(13(21)14(16,17)18)11-5-6-19-12(8-11)9-3-2-4-10(15)7-9;/h2-4,7,11-12,19H,5-6,8H2,1H3;1H/t11-,12+;/m1./s1. The smallest absolute Gasteiger partial charge is 0.335 e. The first-order valence-corrected chi connectivity index (χ1v) is 6.62. The first-order valence-electron chi connectivity index (χ1n) is 6.62. The maximum Gasteiger partial charge on any atom is 0.471 e. The predicted molar refractivity (Wildman–Crippen MR) is 76.2 cm³/mol. The molecule has 8 heteroatoms. The lowest BCUT2D eigenvalue weighted by Crippen LogP contribution is -2.49. The van der Waals surface area contributed by atoms with Gasteiger partial charge in [-0.25, -0.2) is 4.39 Å². The zero-order valence-electron chi connectivity index (χ0n) is 11.9. The summed E-state index contributed by atoms with van der Waals surface area (Å²) in [6, 6.07) is 5.15. The molecule has 0 aliphatic carbocycles.